The first-order valence-electron chi connectivity index (χ1n) is 10.6. The molecule has 1 saturated heterocycles. The summed E-state index contributed by atoms with van der Waals surface area (Å²) >= 11 is 0. The number of rotatable bonds is 5. The van der Waals surface area contributed by atoms with Gasteiger partial charge in [-0.05, 0) is 43.9 Å². The fourth-order valence-electron chi connectivity index (χ4n) is 4.28. The highest BCUT2D eigenvalue weighted by molar-refractivity contribution is 5.94. The van der Waals surface area contributed by atoms with Crippen LogP contribution in [-0.2, 0) is 13.0 Å². The number of fused-ring (bicyclic) bond motifs is 1. The summed E-state index contributed by atoms with van der Waals surface area (Å²) in [5, 5.41) is 7.12. The number of H-pyrrole nitrogens is 1. The van der Waals surface area contributed by atoms with Gasteiger partial charge in [0.2, 0.25) is 0 Å². The lowest BCUT2D eigenvalue weighted by Gasteiger charge is -2.34. The zero-order valence-corrected chi connectivity index (χ0v) is 18.2. The number of halogens is 5. The molecule has 3 rings (SSSR count). The number of likely N-dealkylation sites (tertiary alicyclic amines) is 1. The van der Waals surface area contributed by atoms with Gasteiger partial charge in [0, 0.05) is 43.9 Å². The summed E-state index contributed by atoms with van der Waals surface area (Å²) < 4.78 is 68.1. The molecule has 0 aliphatic carbocycles. The molecule has 32 heavy (non-hydrogen) atoms. The smallest absolute Gasteiger partial charge is 0.337 e. The first-order chi connectivity index (χ1) is 15.1. The van der Waals surface area contributed by atoms with Crippen molar-refractivity contribution in [3.63, 3.8) is 0 Å². The highest BCUT2D eigenvalue weighted by atomic mass is 19.4. The second kappa shape index (κ2) is 9.56. The third-order valence-corrected chi connectivity index (χ3v) is 6.22. The maximum Gasteiger partial charge on any atom is 0.419 e. The van der Waals surface area contributed by atoms with Crippen LogP contribution < -0.4 is 0 Å². The summed E-state index contributed by atoms with van der Waals surface area (Å²) in [6, 6.07) is 0. The van der Waals surface area contributed by atoms with E-state index in [0.29, 0.717) is 18.3 Å². The van der Waals surface area contributed by atoms with Crippen LogP contribution in [0.2, 0.25) is 0 Å². The number of carbonyl (C=O) groups is 1. The molecule has 10 heteroatoms. The molecule has 1 amide bonds. The largest absolute Gasteiger partial charge is 0.419 e. The van der Waals surface area contributed by atoms with Gasteiger partial charge < -0.3 is 4.90 Å². The summed E-state index contributed by atoms with van der Waals surface area (Å²) in [7, 11) is 0. The molecular formula is C22H27F5N4O. The highest BCUT2D eigenvalue weighted by Crippen LogP contribution is 2.41. The molecule has 1 fully saturated rings. The Bertz CT molecular complexity index is 939. The SMILES string of the molecule is C=C(/C(=C(F)\C(F)=C/C)C(F)(F)F)C1CCN(C(=O)c2n[nH]c3c2CN(CC)CC3)CC1. The normalized spacial score (nSPS) is 19.6. The summed E-state index contributed by atoms with van der Waals surface area (Å²) in [4.78, 5) is 16.8. The van der Waals surface area contributed by atoms with E-state index in [0.717, 1.165) is 37.7 Å². The number of hydrogen-bond donors (Lipinski definition) is 1. The Hall–Kier alpha value is -2.49. The van der Waals surface area contributed by atoms with Crippen molar-refractivity contribution in [3.8, 4) is 0 Å². The Kier molecular flexibility index (Phi) is 7.22. The van der Waals surface area contributed by atoms with Gasteiger partial charge in [-0.2, -0.15) is 18.3 Å². The lowest BCUT2D eigenvalue weighted by molar-refractivity contribution is -0.0921. The van der Waals surface area contributed by atoms with Crippen molar-refractivity contribution in [3.05, 3.63) is 52.4 Å². The molecule has 5 nitrogen and oxygen atoms in total. The number of hydrogen-bond acceptors (Lipinski definition) is 3. The Morgan fingerprint density at radius 1 is 1.25 bits per heavy atom. The molecule has 1 aromatic rings. The van der Waals surface area contributed by atoms with Crippen LogP contribution in [-0.4, -0.2) is 58.3 Å². The Labute approximate surface area is 183 Å². The molecule has 0 saturated carbocycles. The van der Waals surface area contributed by atoms with Crippen LogP contribution in [0.15, 0.2) is 35.5 Å². The zero-order chi connectivity index (χ0) is 23.6. The monoisotopic (exact) mass is 458 g/mol. The average molecular weight is 458 g/mol. The van der Waals surface area contributed by atoms with Gasteiger partial charge >= 0.3 is 6.18 Å². The van der Waals surface area contributed by atoms with Crippen molar-refractivity contribution in [2.75, 3.05) is 26.2 Å². The minimum atomic E-state index is -5.08. The van der Waals surface area contributed by atoms with Gasteiger partial charge in [0.25, 0.3) is 5.91 Å². The third kappa shape index (κ3) is 4.79. The first-order valence-corrected chi connectivity index (χ1v) is 10.6. The lowest BCUT2D eigenvalue weighted by Crippen LogP contribution is -2.40. The van der Waals surface area contributed by atoms with Crippen molar-refractivity contribution < 1.29 is 26.7 Å². The molecule has 176 valence electrons. The van der Waals surface area contributed by atoms with Gasteiger partial charge in [-0.1, -0.05) is 13.5 Å². The van der Waals surface area contributed by atoms with Gasteiger partial charge in [-0.15, -0.1) is 0 Å². The number of alkyl halides is 3. The first kappa shape index (κ1) is 24.2. The maximum absolute atomic E-state index is 14.1. The van der Waals surface area contributed by atoms with E-state index in [1.165, 1.54) is 0 Å². The van der Waals surface area contributed by atoms with Crippen LogP contribution in [0.4, 0.5) is 22.0 Å². The molecule has 0 atom stereocenters. The number of piperidine rings is 1. The average Bonchev–Trinajstić information content (AvgIpc) is 3.20. The Morgan fingerprint density at radius 3 is 2.47 bits per heavy atom. The summed E-state index contributed by atoms with van der Waals surface area (Å²) in [5.74, 6) is -4.51. The summed E-state index contributed by atoms with van der Waals surface area (Å²) in [5.41, 5.74) is -0.0233. The van der Waals surface area contributed by atoms with E-state index in [2.05, 4.69) is 21.7 Å². The number of aromatic amines is 1. The number of carbonyl (C=O) groups excluding carboxylic acids is 1. The van der Waals surface area contributed by atoms with Gasteiger partial charge in [-0.25, -0.2) is 8.78 Å². The van der Waals surface area contributed by atoms with Crippen molar-refractivity contribution in [2.45, 2.75) is 45.8 Å². The molecule has 0 bridgehead atoms. The van der Waals surface area contributed by atoms with E-state index in [1.54, 1.807) is 4.90 Å². The highest BCUT2D eigenvalue weighted by Gasteiger charge is 2.42. The molecule has 0 spiro atoms. The van der Waals surface area contributed by atoms with Crippen molar-refractivity contribution in [2.24, 2.45) is 5.92 Å². The fraction of sp³-hybridized carbons (Fsp3) is 0.545. The quantitative estimate of drug-likeness (QED) is 0.507. The van der Waals surface area contributed by atoms with Crippen LogP contribution >= 0.6 is 0 Å². The van der Waals surface area contributed by atoms with Crippen LogP contribution in [0.5, 0.6) is 0 Å². The van der Waals surface area contributed by atoms with Crippen LogP contribution in [0.25, 0.3) is 0 Å². The van der Waals surface area contributed by atoms with E-state index in [1.807, 2.05) is 6.92 Å². The maximum atomic E-state index is 14.1. The zero-order valence-electron chi connectivity index (χ0n) is 18.2. The Morgan fingerprint density at radius 2 is 1.91 bits per heavy atom. The second-order valence-corrected chi connectivity index (χ2v) is 8.06. The fourth-order valence-corrected chi connectivity index (χ4v) is 4.28. The lowest BCUT2D eigenvalue weighted by atomic mass is 9.85. The topological polar surface area (TPSA) is 52.2 Å². The van der Waals surface area contributed by atoms with E-state index in [4.69, 9.17) is 0 Å². The number of aromatic nitrogens is 2. The van der Waals surface area contributed by atoms with E-state index in [9.17, 15) is 26.7 Å². The Balaban J connectivity index is 1.72. The van der Waals surface area contributed by atoms with Crippen LogP contribution in [0.3, 0.4) is 0 Å². The van der Waals surface area contributed by atoms with Gasteiger partial charge in [0.05, 0.1) is 5.57 Å². The minimum absolute atomic E-state index is 0.169. The number of nitrogens with zero attached hydrogens (tertiary/aromatic N) is 3. The summed E-state index contributed by atoms with van der Waals surface area (Å²) in [6.07, 6.45) is -3.33. The van der Waals surface area contributed by atoms with Crippen molar-refractivity contribution in [1.29, 1.82) is 0 Å². The standard InChI is InChI=1S/C22H27F5N4O/c1-4-16(23)19(24)18(22(25,26)27)13(3)14-6-10-31(11-7-14)21(32)20-15-12-30(5-2)9-8-17(15)28-29-20/h4,14H,3,5-12H2,1-2H3,(H,28,29)/b16-4+,19-18-. The molecule has 1 N–H and O–H groups in total. The van der Waals surface area contributed by atoms with Gasteiger partial charge in [-0.3, -0.25) is 14.8 Å². The van der Waals surface area contributed by atoms with Crippen molar-refractivity contribution in [1.82, 2.24) is 20.0 Å². The molecule has 2 aliphatic heterocycles. The van der Waals surface area contributed by atoms with E-state index < -0.39 is 34.9 Å². The van der Waals surface area contributed by atoms with Crippen LogP contribution in [0.1, 0.15) is 48.4 Å². The van der Waals surface area contributed by atoms with E-state index in [-0.39, 0.29) is 31.8 Å². The number of allylic oxidation sites excluding steroid dienone is 5. The molecular weight excluding hydrogens is 431 g/mol. The molecule has 2 aliphatic rings. The molecule has 0 radical (unpaired) electrons. The number of nitrogens with one attached hydrogen (secondary N) is 1. The minimum Gasteiger partial charge on any atom is -0.337 e. The van der Waals surface area contributed by atoms with Gasteiger partial charge in [0.1, 0.15) is 0 Å². The molecule has 3 heterocycles. The predicted octanol–water partition coefficient (Wildman–Crippen LogP) is 4.86. The van der Waals surface area contributed by atoms with Gasteiger partial charge in [0.15, 0.2) is 17.3 Å². The van der Waals surface area contributed by atoms with Crippen molar-refractivity contribution >= 4 is 5.91 Å². The molecule has 1 aromatic heterocycles. The molecule has 0 unspecified atom stereocenters. The number of amides is 1. The number of likely N-dealkylation sites (N-methyl/N-ethyl adjacent to an activating group) is 1. The third-order valence-electron chi connectivity index (χ3n) is 6.22. The second-order valence-electron chi connectivity index (χ2n) is 8.06. The van der Waals surface area contributed by atoms with Crippen LogP contribution in [0, 0.1) is 5.92 Å². The summed E-state index contributed by atoms with van der Waals surface area (Å²) in [6.45, 7) is 9.31. The van der Waals surface area contributed by atoms with E-state index >= 15 is 0 Å². The predicted molar refractivity (Wildman–Crippen MR) is 110 cm³/mol. The molecule has 0 aromatic carbocycles.